The molecule has 4 heterocycles. The highest BCUT2D eigenvalue weighted by Crippen LogP contribution is 2.32. The Kier molecular flexibility index (Phi) is 3.81. The number of H-pyrrole nitrogens is 1. The minimum Gasteiger partial charge on any atom is -0.508 e. The molecule has 5 rings (SSSR count). The summed E-state index contributed by atoms with van der Waals surface area (Å²) in [6.45, 7) is 4.52. The highest BCUT2D eigenvalue weighted by Gasteiger charge is 2.40. The predicted molar refractivity (Wildman–Crippen MR) is 92.9 cm³/mol. The first-order valence-electron chi connectivity index (χ1n) is 8.65. The van der Waals surface area contributed by atoms with Gasteiger partial charge in [0.1, 0.15) is 11.4 Å². The second-order valence-electron chi connectivity index (χ2n) is 6.95. The molecule has 2 bridgehead atoms. The normalized spacial score (nSPS) is 28.7. The van der Waals surface area contributed by atoms with Crippen LogP contribution >= 0.6 is 0 Å². The molecular formula is C19H23N3O2. The molecule has 3 aliphatic rings. The number of aromatic amines is 1. The summed E-state index contributed by atoms with van der Waals surface area (Å²) in [5.74, 6) is 0.760. The first-order chi connectivity index (χ1) is 11.6. The Labute approximate surface area is 141 Å². The van der Waals surface area contributed by atoms with Crippen molar-refractivity contribution in [1.29, 1.82) is 0 Å². The molecular weight excluding hydrogens is 302 g/mol. The van der Waals surface area contributed by atoms with E-state index in [1.807, 2.05) is 12.1 Å². The van der Waals surface area contributed by atoms with Crippen molar-refractivity contribution in [3.63, 3.8) is 0 Å². The Morgan fingerprint density at radius 1 is 1.25 bits per heavy atom. The van der Waals surface area contributed by atoms with E-state index in [2.05, 4.69) is 22.1 Å². The van der Waals surface area contributed by atoms with Crippen LogP contribution in [0.15, 0.2) is 36.4 Å². The number of aromatic hydroxyl groups is 1. The van der Waals surface area contributed by atoms with Gasteiger partial charge in [-0.15, -0.1) is 0 Å². The number of hydrogen-bond donors (Lipinski definition) is 3. The summed E-state index contributed by atoms with van der Waals surface area (Å²) >= 11 is 0. The number of phenolic OH excluding ortho intramolecular Hbond substituents is 1. The van der Waals surface area contributed by atoms with Gasteiger partial charge in [-0.25, -0.2) is 0 Å². The zero-order valence-corrected chi connectivity index (χ0v) is 13.8. The molecule has 0 spiro atoms. The summed E-state index contributed by atoms with van der Waals surface area (Å²) < 4.78 is 0. The second-order valence-corrected chi connectivity index (χ2v) is 6.95. The van der Waals surface area contributed by atoms with E-state index in [0.29, 0.717) is 17.7 Å². The zero-order valence-electron chi connectivity index (χ0n) is 13.8. The van der Waals surface area contributed by atoms with Crippen molar-refractivity contribution >= 4 is 5.91 Å². The number of carbonyl (C=O) groups excluding carboxylic acids is 1. The van der Waals surface area contributed by atoms with Crippen LogP contribution in [0.25, 0.3) is 11.3 Å². The van der Waals surface area contributed by atoms with Gasteiger partial charge in [0, 0.05) is 23.3 Å². The number of aromatic nitrogens is 1. The molecule has 3 fully saturated rings. The molecule has 0 aliphatic carbocycles. The van der Waals surface area contributed by atoms with Crippen LogP contribution in [-0.4, -0.2) is 46.1 Å². The fourth-order valence-electron chi connectivity index (χ4n) is 4.14. The molecule has 1 amide bonds. The highest BCUT2D eigenvalue weighted by atomic mass is 16.3. The summed E-state index contributed by atoms with van der Waals surface area (Å²) in [5, 5.41) is 12.8. The molecule has 3 aliphatic heterocycles. The molecule has 5 nitrogen and oxygen atoms in total. The molecule has 3 saturated heterocycles. The van der Waals surface area contributed by atoms with Crippen molar-refractivity contribution in [3.8, 4) is 17.0 Å². The van der Waals surface area contributed by atoms with Gasteiger partial charge in [-0.3, -0.25) is 9.69 Å². The van der Waals surface area contributed by atoms with Crippen LogP contribution in [0.4, 0.5) is 0 Å². The summed E-state index contributed by atoms with van der Waals surface area (Å²) in [4.78, 5) is 18.3. The lowest BCUT2D eigenvalue weighted by Crippen LogP contribution is -2.62. The van der Waals surface area contributed by atoms with Crippen molar-refractivity contribution in [1.82, 2.24) is 15.2 Å². The van der Waals surface area contributed by atoms with Gasteiger partial charge in [0.05, 0.1) is 0 Å². The zero-order chi connectivity index (χ0) is 16.7. The van der Waals surface area contributed by atoms with Gasteiger partial charge < -0.3 is 15.4 Å². The molecule has 2 aromatic rings. The Balaban J connectivity index is 1.49. The molecule has 0 unspecified atom stereocenters. The average molecular weight is 325 g/mol. The third-order valence-corrected chi connectivity index (χ3v) is 5.56. The van der Waals surface area contributed by atoms with Crippen molar-refractivity contribution in [2.75, 3.05) is 13.1 Å². The monoisotopic (exact) mass is 325 g/mol. The summed E-state index contributed by atoms with van der Waals surface area (Å²) in [6.07, 6.45) is 2.35. The fourth-order valence-corrected chi connectivity index (χ4v) is 4.14. The number of nitrogens with zero attached hydrogens (tertiary/aromatic N) is 1. The quantitative estimate of drug-likeness (QED) is 0.812. The molecule has 24 heavy (non-hydrogen) atoms. The number of carbonyl (C=O) groups is 1. The summed E-state index contributed by atoms with van der Waals surface area (Å²) in [6, 6.07) is 11.3. The minimum absolute atomic E-state index is 0.0491. The van der Waals surface area contributed by atoms with Gasteiger partial charge in [0.2, 0.25) is 0 Å². The Hall–Kier alpha value is -2.27. The van der Waals surface area contributed by atoms with Gasteiger partial charge in [0.25, 0.3) is 5.91 Å². The van der Waals surface area contributed by atoms with E-state index >= 15 is 0 Å². The van der Waals surface area contributed by atoms with Gasteiger partial charge in [-0.05, 0) is 63.0 Å². The number of hydrogen-bond acceptors (Lipinski definition) is 3. The Bertz CT molecular complexity index is 745. The Morgan fingerprint density at radius 3 is 2.75 bits per heavy atom. The third-order valence-electron chi connectivity index (χ3n) is 5.56. The first kappa shape index (κ1) is 15.3. The summed E-state index contributed by atoms with van der Waals surface area (Å²) in [7, 11) is 0. The van der Waals surface area contributed by atoms with Crippen LogP contribution in [0.5, 0.6) is 5.75 Å². The van der Waals surface area contributed by atoms with Gasteiger partial charge in [0.15, 0.2) is 0 Å². The lowest BCUT2D eigenvalue weighted by Gasteiger charge is -2.49. The number of fused-ring (bicyclic) bond motifs is 3. The molecule has 1 aromatic heterocycles. The molecule has 2 atom stereocenters. The van der Waals surface area contributed by atoms with E-state index in [1.165, 1.54) is 12.8 Å². The fraction of sp³-hybridized carbons (Fsp3) is 0.421. The first-order valence-corrected chi connectivity index (χ1v) is 8.65. The van der Waals surface area contributed by atoms with E-state index in [-0.39, 0.29) is 17.7 Å². The number of rotatable bonds is 3. The topological polar surface area (TPSA) is 68.4 Å². The van der Waals surface area contributed by atoms with Crippen molar-refractivity contribution in [2.45, 2.75) is 31.8 Å². The summed E-state index contributed by atoms with van der Waals surface area (Å²) in [5.41, 5.74) is 2.26. The lowest BCUT2D eigenvalue weighted by atomic mass is 9.79. The third kappa shape index (κ3) is 2.69. The van der Waals surface area contributed by atoms with E-state index in [1.54, 1.807) is 24.3 Å². The average Bonchev–Trinajstić information content (AvgIpc) is 3.09. The van der Waals surface area contributed by atoms with E-state index in [4.69, 9.17) is 0 Å². The van der Waals surface area contributed by atoms with E-state index in [0.717, 1.165) is 24.3 Å². The molecule has 126 valence electrons. The molecule has 0 saturated carbocycles. The molecule has 1 aromatic carbocycles. The standard InChI is InChI=1S/C19H23N3O2/c1-12-18(13-7-9-22(12)10-8-13)21-19(24)17-6-5-16(20-17)14-3-2-4-15(23)11-14/h2-6,11-13,18,20,23H,7-10H2,1H3,(H,21,24)/t12-,18-/m0/s1. The maximum absolute atomic E-state index is 12.6. The number of phenols is 1. The van der Waals surface area contributed by atoms with Crippen LogP contribution in [0.3, 0.4) is 0 Å². The van der Waals surface area contributed by atoms with Crippen molar-refractivity contribution < 1.29 is 9.90 Å². The van der Waals surface area contributed by atoms with Crippen LogP contribution in [0.1, 0.15) is 30.3 Å². The van der Waals surface area contributed by atoms with Crippen molar-refractivity contribution in [2.24, 2.45) is 5.92 Å². The lowest BCUT2D eigenvalue weighted by molar-refractivity contribution is 0.0216. The van der Waals surface area contributed by atoms with Gasteiger partial charge in [-0.1, -0.05) is 12.1 Å². The maximum Gasteiger partial charge on any atom is 0.267 e. The van der Waals surface area contributed by atoms with E-state index in [9.17, 15) is 9.90 Å². The molecule has 5 heteroatoms. The number of nitrogens with one attached hydrogen (secondary N) is 2. The largest absolute Gasteiger partial charge is 0.508 e. The number of benzene rings is 1. The van der Waals surface area contributed by atoms with Crippen LogP contribution in [0, 0.1) is 5.92 Å². The van der Waals surface area contributed by atoms with Gasteiger partial charge in [-0.2, -0.15) is 0 Å². The van der Waals surface area contributed by atoms with Gasteiger partial charge >= 0.3 is 0 Å². The molecule has 0 radical (unpaired) electrons. The van der Waals surface area contributed by atoms with Crippen LogP contribution in [-0.2, 0) is 0 Å². The van der Waals surface area contributed by atoms with Crippen LogP contribution < -0.4 is 5.32 Å². The van der Waals surface area contributed by atoms with E-state index < -0.39 is 0 Å². The number of amides is 1. The van der Waals surface area contributed by atoms with Crippen LogP contribution in [0.2, 0.25) is 0 Å². The molecule has 3 N–H and O–H groups in total. The number of piperidine rings is 3. The minimum atomic E-state index is -0.0491. The highest BCUT2D eigenvalue weighted by molar-refractivity contribution is 5.93. The second kappa shape index (κ2) is 5.98. The Morgan fingerprint density at radius 2 is 2.04 bits per heavy atom. The predicted octanol–water partition coefficient (Wildman–Crippen LogP) is 2.60. The van der Waals surface area contributed by atoms with Crippen molar-refractivity contribution in [3.05, 3.63) is 42.1 Å². The SMILES string of the molecule is C[C@H]1[C@H](NC(=O)c2ccc(-c3cccc(O)c3)[nH]2)C2CCN1CC2. The maximum atomic E-state index is 12.6. The smallest absolute Gasteiger partial charge is 0.267 e.